The molecule has 0 saturated heterocycles. The van der Waals surface area contributed by atoms with E-state index in [1.54, 1.807) is 0 Å². The molecule has 2 nitrogen and oxygen atoms in total. The van der Waals surface area contributed by atoms with Gasteiger partial charge in [-0.3, -0.25) is 9.59 Å². The molecule has 0 N–H and O–H groups in total. The summed E-state index contributed by atoms with van der Waals surface area (Å²) >= 11 is 0. The summed E-state index contributed by atoms with van der Waals surface area (Å²) in [5.41, 5.74) is 0. The van der Waals surface area contributed by atoms with Gasteiger partial charge < -0.3 is 0 Å². The van der Waals surface area contributed by atoms with E-state index >= 15 is 0 Å². The first-order valence-corrected chi connectivity index (χ1v) is 4.74. The number of carbonyl (C=O) groups is 2. The van der Waals surface area contributed by atoms with E-state index < -0.39 is 0 Å². The molecule has 0 heterocycles. The molecule has 0 aliphatic carbocycles. The van der Waals surface area contributed by atoms with Crippen LogP contribution in [-0.4, -0.2) is 60.0 Å². The first-order chi connectivity index (χ1) is 5.70. The number of Topliss-reactive ketones (excluding diaryl/α,β-unsaturated/α-hetero) is 2. The molecule has 0 fully saturated rings. The number of rotatable bonds is 7. The van der Waals surface area contributed by atoms with Crippen LogP contribution in [0.2, 0.25) is 0 Å². The van der Waals surface area contributed by atoms with E-state index in [1.165, 1.54) is 0 Å². The molecule has 0 spiro atoms. The Bertz CT molecular complexity index is 142. The van der Waals surface area contributed by atoms with Gasteiger partial charge in [0.25, 0.3) is 0 Å². The molecule has 74 valence electrons. The Hall–Kier alpha value is 0.937. The van der Waals surface area contributed by atoms with Gasteiger partial charge in [0.05, 0.1) is 0 Å². The Labute approximate surface area is 121 Å². The fourth-order valence-corrected chi connectivity index (χ4v) is 0.998. The first-order valence-electron chi connectivity index (χ1n) is 4.74. The van der Waals surface area contributed by atoms with Gasteiger partial charge in [-0.05, 0) is 12.8 Å². The van der Waals surface area contributed by atoms with Crippen molar-refractivity contribution in [2.45, 2.75) is 52.4 Å². The quantitative estimate of drug-likeness (QED) is 0.459. The molecule has 0 aliphatic heterocycles. The summed E-state index contributed by atoms with van der Waals surface area (Å²) in [7, 11) is 0. The molecule has 0 aromatic rings. The van der Waals surface area contributed by atoms with Crippen molar-refractivity contribution in [3.05, 3.63) is 0 Å². The molecule has 14 heavy (non-hydrogen) atoms. The summed E-state index contributed by atoms with van der Waals surface area (Å²) in [6, 6.07) is 0. The Morgan fingerprint density at radius 3 is 1.36 bits per heavy atom. The van der Waals surface area contributed by atoms with Gasteiger partial charge in [-0.15, -0.1) is 0 Å². The second-order valence-electron chi connectivity index (χ2n) is 2.99. The van der Waals surface area contributed by atoms with Crippen molar-refractivity contribution in [1.82, 2.24) is 0 Å². The molecule has 0 radical (unpaired) electrons. The fourth-order valence-electron chi connectivity index (χ4n) is 0.998. The molecule has 0 amide bonds. The maximum absolute atomic E-state index is 10.8. The van der Waals surface area contributed by atoms with E-state index in [0.29, 0.717) is 37.2 Å². The molecule has 0 saturated carbocycles. The van der Waals surface area contributed by atoms with Gasteiger partial charge in [-0.1, -0.05) is 13.8 Å². The van der Waals surface area contributed by atoms with E-state index in [-0.39, 0.29) is 48.4 Å². The first kappa shape index (κ1) is 20.4. The normalized spacial score (nSPS) is 8.43. The average Bonchev–Trinajstić information content (AvgIpc) is 2.11. The predicted octanol–water partition coefficient (Wildman–Crippen LogP) is 1.21. The van der Waals surface area contributed by atoms with Gasteiger partial charge in [0.15, 0.2) is 0 Å². The Morgan fingerprint density at radius 2 is 1.14 bits per heavy atom. The van der Waals surface area contributed by atoms with Crippen LogP contribution in [-0.2, 0) is 9.59 Å². The van der Waals surface area contributed by atoms with Gasteiger partial charge in [-0.25, -0.2) is 0 Å². The van der Waals surface area contributed by atoms with Crippen LogP contribution >= 0.6 is 0 Å². The van der Waals surface area contributed by atoms with Crippen LogP contribution in [0.5, 0.6) is 0 Å². The van der Waals surface area contributed by atoms with Crippen LogP contribution in [0.3, 0.4) is 0 Å². The summed E-state index contributed by atoms with van der Waals surface area (Å²) in [6.45, 7) is 3.75. The van der Waals surface area contributed by atoms with E-state index in [2.05, 4.69) is 0 Å². The Balaban J connectivity index is -0.000000605. The fraction of sp³-hybridized carbons (Fsp3) is 0.800. The van der Waals surface area contributed by atoms with E-state index in [4.69, 9.17) is 0 Å². The molecule has 0 aliphatic rings. The third-order valence-electron chi connectivity index (χ3n) is 1.95. The van der Waals surface area contributed by atoms with Crippen LogP contribution in [0.25, 0.3) is 0 Å². The molecular weight excluding hydrogens is 182 g/mol. The number of ketones is 2. The van der Waals surface area contributed by atoms with Crippen molar-refractivity contribution in [3.8, 4) is 0 Å². The molecule has 0 unspecified atom stereocenters. The molecule has 4 heteroatoms. The van der Waals surface area contributed by atoms with Crippen molar-refractivity contribution in [2.24, 2.45) is 0 Å². The van der Waals surface area contributed by atoms with Gasteiger partial charge in [-0.2, -0.15) is 0 Å². The summed E-state index contributed by atoms with van der Waals surface area (Å²) in [4.78, 5) is 21.7. The van der Waals surface area contributed by atoms with E-state index in [0.717, 1.165) is 12.8 Å². The van der Waals surface area contributed by atoms with Crippen molar-refractivity contribution in [3.63, 3.8) is 0 Å². The van der Waals surface area contributed by atoms with E-state index in [9.17, 15) is 9.59 Å². The summed E-state index contributed by atoms with van der Waals surface area (Å²) in [5.74, 6) is 0.609. The molecular formula is C10H20LiNaO2. The van der Waals surface area contributed by atoms with Gasteiger partial charge in [0, 0.05) is 25.7 Å². The van der Waals surface area contributed by atoms with Crippen LogP contribution in [0.4, 0.5) is 0 Å². The monoisotopic (exact) mass is 202 g/mol. The van der Waals surface area contributed by atoms with Gasteiger partial charge in [0.1, 0.15) is 11.6 Å². The zero-order valence-corrected chi connectivity index (χ0v) is 8.06. The van der Waals surface area contributed by atoms with Crippen molar-refractivity contribution in [1.29, 1.82) is 0 Å². The number of hydrogen-bond donors (Lipinski definition) is 0. The van der Waals surface area contributed by atoms with Crippen LogP contribution in [0, 0.1) is 0 Å². The number of unbranched alkanes of at least 4 members (excludes halogenated alkanes) is 1. The second-order valence-corrected chi connectivity index (χ2v) is 2.99. The minimum absolute atomic E-state index is 0. The predicted molar refractivity (Wildman–Crippen MR) is 63.4 cm³/mol. The van der Waals surface area contributed by atoms with Gasteiger partial charge >= 0.3 is 48.4 Å². The topological polar surface area (TPSA) is 34.1 Å². The zero-order chi connectivity index (χ0) is 9.40. The third kappa shape index (κ3) is 12.9. The summed E-state index contributed by atoms with van der Waals surface area (Å²) < 4.78 is 0. The minimum atomic E-state index is 0. The molecule has 0 aromatic carbocycles. The Kier molecular flexibility index (Phi) is 20.3. The summed E-state index contributed by atoms with van der Waals surface area (Å²) in [5, 5.41) is 0. The van der Waals surface area contributed by atoms with Crippen LogP contribution < -0.4 is 0 Å². The van der Waals surface area contributed by atoms with Gasteiger partial charge in [0.2, 0.25) is 0 Å². The average molecular weight is 202 g/mol. The van der Waals surface area contributed by atoms with Crippen molar-refractivity contribution < 1.29 is 9.59 Å². The third-order valence-corrected chi connectivity index (χ3v) is 1.95. The van der Waals surface area contributed by atoms with E-state index in [1.807, 2.05) is 13.8 Å². The second kappa shape index (κ2) is 13.9. The molecule has 0 rings (SSSR count). The maximum atomic E-state index is 10.8. The molecule has 0 aromatic heterocycles. The van der Waals surface area contributed by atoms with Crippen LogP contribution in [0.1, 0.15) is 52.4 Å². The number of carbonyl (C=O) groups excluding carboxylic acids is 2. The number of hydrogen-bond acceptors (Lipinski definition) is 2. The van der Waals surface area contributed by atoms with Crippen molar-refractivity contribution in [2.75, 3.05) is 0 Å². The van der Waals surface area contributed by atoms with Crippen molar-refractivity contribution >= 4 is 60.0 Å². The summed E-state index contributed by atoms with van der Waals surface area (Å²) in [6.07, 6.45) is 4.29. The van der Waals surface area contributed by atoms with Crippen LogP contribution in [0.15, 0.2) is 0 Å². The molecule has 0 atom stereocenters. The Morgan fingerprint density at radius 1 is 0.857 bits per heavy atom. The standard InChI is InChI=1S/C10H18O2.Li.Na.2H/c1-3-9(11)7-5-6-8-10(12)4-2;;;;/h3-8H2,1-2H3;;;;. The molecule has 0 bridgehead atoms. The SMILES string of the molecule is CCC(=O)CCCCC(=O)CC.[LiH].[NaH]. The zero-order valence-electron chi connectivity index (χ0n) is 8.06.